The van der Waals surface area contributed by atoms with Crippen LogP contribution >= 0.6 is 0 Å². The van der Waals surface area contributed by atoms with Crippen LogP contribution in [0, 0.1) is 0 Å². The van der Waals surface area contributed by atoms with Crippen LogP contribution in [0.15, 0.2) is 18.2 Å². The fourth-order valence-electron chi connectivity index (χ4n) is 2.44. The second-order valence-corrected chi connectivity index (χ2v) is 5.78. The molecule has 0 amide bonds. The van der Waals surface area contributed by atoms with Gasteiger partial charge in [0.05, 0.1) is 12.7 Å². The van der Waals surface area contributed by atoms with E-state index >= 15 is 0 Å². The maximum atomic E-state index is 11.0. The van der Waals surface area contributed by atoms with Gasteiger partial charge in [-0.3, -0.25) is 4.79 Å². The molecule has 0 aromatic heterocycles. The Morgan fingerprint density at radius 1 is 1.20 bits per heavy atom. The van der Waals surface area contributed by atoms with Gasteiger partial charge in [-0.2, -0.15) is 0 Å². The number of benzene rings is 1. The van der Waals surface area contributed by atoms with E-state index in [-0.39, 0.29) is 6.61 Å². The quantitative estimate of drug-likeness (QED) is 0.626. The van der Waals surface area contributed by atoms with Gasteiger partial charge in [-0.05, 0) is 26.0 Å². The first-order chi connectivity index (χ1) is 11.8. The van der Waals surface area contributed by atoms with Crippen LogP contribution in [0.25, 0.3) is 0 Å². The van der Waals surface area contributed by atoms with Gasteiger partial charge in [-0.1, -0.05) is 0 Å². The molecule has 1 aromatic carbocycles. The van der Waals surface area contributed by atoms with Gasteiger partial charge in [0, 0.05) is 18.6 Å². The topological polar surface area (TPSA) is 115 Å². The van der Waals surface area contributed by atoms with Crippen molar-refractivity contribution in [2.45, 2.75) is 58.1 Å². The molecule has 1 fully saturated rings. The molecule has 1 aliphatic rings. The van der Waals surface area contributed by atoms with Crippen molar-refractivity contribution in [3.05, 3.63) is 23.8 Å². The molecule has 1 heterocycles. The number of carbonyl (C=O) groups is 1. The molecule has 3 N–H and O–H groups in total. The van der Waals surface area contributed by atoms with E-state index in [1.54, 1.807) is 25.1 Å². The smallest absolute Gasteiger partial charge is 0.302 e. The van der Waals surface area contributed by atoms with Crippen LogP contribution in [0.1, 0.15) is 26.3 Å². The van der Waals surface area contributed by atoms with E-state index in [1.165, 1.54) is 6.92 Å². The highest BCUT2D eigenvalue weighted by atomic mass is 16.7. The van der Waals surface area contributed by atoms with Crippen molar-refractivity contribution in [2.24, 2.45) is 0 Å². The number of rotatable bonds is 6. The number of esters is 1. The van der Waals surface area contributed by atoms with Crippen LogP contribution in [0.3, 0.4) is 0 Å². The molecule has 8 heteroatoms. The second kappa shape index (κ2) is 8.48. The molecular weight excluding hydrogens is 332 g/mol. The Bertz CT molecular complexity index is 590. The van der Waals surface area contributed by atoms with Crippen molar-refractivity contribution in [2.75, 3.05) is 6.61 Å². The lowest BCUT2D eigenvalue weighted by Gasteiger charge is -2.38. The third-order valence-corrected chi connectivity index (χ3v) is 3.83. The SMILES string of the molecule is CCOc1cc(O[C@@H]2O[C@H](C)[C@@H](O)[C@H](O)[C@H]2O)ccc1COC(C)=O. The summed E-state index contributed by atoms with van der Waals surface area (Å²) in [5.41, 5.74) is 0.665. The third kappa shape index (κ3) is 4.82. The predicted octanol–water partition coefficient (Wildman–Crippen LogP) is 0.355. The maximum Gasteiger partial charge on any atom is 0.302 e. The molecule has 0 aliphatic carbocycles. The van der Waals surface area contributed by atoms with Crippen molar-refractivity contribution in [1.29, 1.82) is 0 Å². The lowest BCUT2D eigenvalue weighted by molar-refractivity contribution is -0.268. The Labute approximate surface area is 145 Å². The van der Waals surface area contributed by atoms with Crippen molar-refractivity contribution in [3.8, 4) is 11.5 Å². The molecule has 140 valence electrons. The summed E-state index contributed by atoms with van der Waals surface area (Å²) in [6, 6.07) is 4.87. The van der Waals surface area contributed by atoms with E-state index in [0.29, 0.717) is 23.7 Å². The standard InChI is InChI=1S/C17H24O8/c1-4-22-13-7-12(6-5-11(13)8-23-10(3)18)25-17-16(21)15(20)14(19)9(2)24-17/h5-7,9,14-17,19-21H,4,8H2,1-3H3/t9-,14-,15+,16-,17+/m1/s1. The molecule has 2 rings (SSSR count). The second-order valence-electron chi connectivity index (χ2n) is 5.78. The van der Waals surface area contributed by atoms with Crippen molar-refractivity contribution in [1.82, 2.24) is 0 Å². The number of hydrogen-bond donors (Lipinski definition) is 3. The third-order valence-electron chi connectivity index (χ3n) is 3.83. The summed E-state index contributed by atoms with van der Waals surface area (Å²) in [4.78, 5) is 11.0. The molecule has 0 radical (unpaired) electrons. The molecule has 8 nitrogen and oxygen atoms in total. The van der Waals surface area contributed by atoms with Crippen molar-refractivity contribution in [3.63, 3.8) is 0 Å². The van der Waals surface area contributed by atoms with Crippen LogP contribution in [-0.4, -0.2) is 58.6 Å². The zero-order valence-corrected chi connectivity index (χ0v) is 14.4. The number of hydrogen-bond acceptors (Lipinski definition) is 8. The monoisotopic (exact) mass is 356 g/mol. The minimum absolute atomic E-state index is 0.0649. The number of aliphatic hydroxyl groups excluding tert-OH is 3. The summed E-state index contributed by atoms with van der Waals surface area (Å²) in [5, 5.41) is 29.6. The normalized spacial score (nSPS) is 29.1. The van der Waals surface area contributed by atoms with E-state index in [1.807, 2.05) is 6.92 Å². The Kier molecular flexibility index (Phi) is 6.60. The first kappa shape index (κ1) is 19.5. The average molecular weight is 356 g/mol. The molecule has 0 spiro atoms. The fraction of sp³-hybridized carbons (Fsp3) is 0.588. The van der Waals surface area contributed by atoms with E-state index in [0.717, 1.165) is 0 Å². The minimum atomic E-state index is -1.40. The Hall–Kier alpha value is -1.87. The fourth-order valence-corrected chi connectivity index (χ4v) is 2.44. The van der Waals surface area contributed by atoms with Gasteiger partial charge in [-0.15, -0.1) is 0 Å². The minimum Gasteiger partial charge on any atom is -0.493 e. The van der Waals surface area contributed by atoms with Gasteiger partial charge in [0.15, 0.2) is 0 Å². The summed E-state index contributed by atoms with van der Waals surface area (Å²) in [6.07, 6.45) is -5.80. The van der Waals surface area contributed by atoms with Crippen LogP contribution < -0.4 is 9.47 Å². The summed E-state index contributed by atoms with van der Waals surface area (Å²) in [5.74, 6) is 0.415. The van der Waals surface area contributed by atoms with Gasteiger partial charge in [0.2, 0.25) is 6.29 Å². The van der Waals surface area contributed by atoms with Crippen LogP contribution in [0.2, 0.25) is 0 Å². The van der Waals surface area contributed by atoms with Gasteiger partial charge >= 0.3 is 5.97 Å². The van der Waals surface area contributed by atoms with E-state index in [4.69, 9.17) is 18.9 Å². The lowest BCUT2D eigenvalue weighted by Crippen LogP contribution is -2.58. The molecule has 0 bridgehead atoms. The highest BCUT2D eigenvalue weighted by molar-refractivity contribution is 5.66. The summed E-state index contributed by atoms with van der Waals surface area (Å²) in [6.45, 7) is 5.18. The predicted molar refractivity (Wildman–Crippen MR) is 86.1 cm³/mol. The highest BCUT2D eigenvalue weighted by Gasteiger charge is 2.43. The molecule has 0 unspecified atom stereocenters. The van der Waals surface area contributed by atoms with Crippen LogP contribution in [0.4, 0.5) is 0 Å². The average Bonchev–Trinajstić information content (AvgIpc) is 2.57. The van der Waals surface area contributed by atoms with E-state index in [2.05, 4.69) is 0 Å². The molecular formula is C17H24O8. The van der Waals surface area contributed by atoms with Gasteiger partial charge in [0.25, 0.3) is 0 Å². The van der Waals surface area contributed by atoms with Crippen LogP contribution in [-0.2, 0) is 20.9 Å². The molecule has 1 aliphatic heterocycles. The van der Waals surface area contributed by atoms with Gasteiger partial charge < -0.3 is 34.3 Å². The zero-order valence-electron chi connectivity index (χ0n) is 14.4. The Morgan fingerprint density at radius 2 is 1.92 bits per heavy atom. The van der Waals surface area contributed by atoms with Crippen molar-refractivity contribution < 1.29 is 39.1 Å². The number of carbonyl (C=O) groups excluding carboxylic acids is 1. The zero-order chi connectivity index (χ0) is 18.6. The molecule has 0 saturated carbocycles. The van der Waals surface area contributed by atoms with Gasteiger partial charge in [-0.25, -0.2) is 0 Å². The van der Waals surface area contributed by atoms with Gasteiger partial charge in [0.1, 0.15) is 36.4 Å². The largest absolute Gasteiger partial charge is 0.493 e. The summed E-state index contributed by atoms with van der Waals surface area (Å²) in [7, 11) is 0. The van der Waals surface area contributed by atoms with Crippen LogP contribution in [0.5, 0.6) is 11.5 Å². The van der Waals surface area contributed by atoms with E-state index < -0.39 is 36.7 Å². The van der Waals surface area contributed by atoms with E-state index in [9.17, 15) is 20.1 Å². The molecule has 1 aromatic rings. The summed E-state index contributed by atoms with van der Waals surface area (Å²) >= 11 is 0. The maximum absolute atomic E-state index is 11.0. The number of aliphatic hydroxyl groups is 3. The number of ether oxygens (including phenoxy) is 4. The Morgan fingerprint density at radius 3 is 2.56 bits per heavy atom. The Balaban J connectivity index is 2.13. The highest BCUT2D eigenvalue weighted by Crippen LogP contribution is 2.29. The molecule has 5 atom stereocenters. The first-order valence-corrected chi connectivity index (χ1v) is 8.08. The van der Waals surface area contributed by atoms with Crippen molar-refractivity contribution >= 4 is 5.97 Å². The molecule has 1 saturated heterocycles. The summed E-state index contributed by atoms with van der Waals surface area (Å²) < 4.78 is 21.5. The lowest BCUT2D eigenvalue weighted by atomic mass is 10.00. The molecule has 25 heavy (non-hydrogen) atoms. The first-order valence-electron chi connectivity index (χ1n) is 8.08.